The summed E-state index contributed by atoms with van der Waals surface area (Å²) < 4.78 is 11.7. The van der Waals surface area contributed by atoms with Crippen LogP contribution in [0.3, 0.4) is 0 Å². The average molecular weight is 394 g/mol. The maximum atomic E-state index is 12.8. The second-order valence-corrected chi connectivity index (χ2v) is 9.90. The van der Waals surface area contributed by atoms with E-state index in [1.54, 1.807) is 5.01 Å². The fraction of sp³-hybridized carbons (Fsp3) is 0.842. The molecule has 3 N–H and O–H groups in total. The minimum absolute atomic E-state index is 0.0185. The van der Waals surface area contributed by atoms with Crippen molar-refractivity contribution in [2.24, 2.45) is 22.7 Å². The topological polar surface area (TPSA) is 118 Å². The lowest BCUT2D eigenvalue weighted by Crippen LogP contribution is -2.56. The maximum Gasteiger partial charge on any atom is 0.228 e. The van der Waals surface area contributed by atoms with Gasteiger partial charge < -0.3 is 9.87 Å². The van der Waals surface area contributed by atoms with E-state index in [0.717, 1.165) is 38.5 Å². The minimum atomic E-state index is -0.880. The van der Waals surface area contributed by atoms with Crippen LogP contribution in [0.2, 0.25) is 0 Å². The van der Waals surface area contributed by atoms with Crippen LogP contribution in [0.5, 0.6) is 0 Å². The lowest BCUT2D eigenvalue weighted by molar-refractivity contribution is -0.125. The molecule has 150 valence electrons. The number of carbonyl (C=O) groups is 1. The first-order chi connectivity index (χ1) is 13.0. The van der Waals surface area contributed by atoms with Crippen molar-refractivity contribution in [3.05, 3.63) is 0 Å². The van der Waals surface area contributed by atoms with Gasteiger partial charge in [-0.3, -0.25) is 15.6 Å². The third kappa shape index (κ3) is 4.83. The van der Waals surface area contributed by atoms with Gasteiger partial charge in [-0.1, -0.05) is 30.4 Å². The molecule has 1 amide bonds. The summed E-state index contributed by atoms with van der Waals surface area (Å²) in [4.78, 5) is 17.1. The van der Waals surface area contributed by atoms with Crippen molar-refractivity contribution in [3.63, 3.8) is 0 Å². The Morgan fingerprint density at radius 1 is 1.41 bits per heavy atom. The second kappa shape index (κ2) is 8.91. The Morgan fingerprint density at radius 3 is 2.63 bits per heavy atom. The zero-order chi connectivity index (χ0) is 19.4. The van der Waals surface area contributed by atoms with Gasteiger partial charge >= 0.3 is 0 Å². The summed E-state index contributed by atoms with van der Waals surface area (Å²) in [5.74, 6) is 7.42. The zero-order valence-corrected chi connectivity index (χ0v) is 16.8. The van der Waals surface area contributed by atoms with Crippen LogP contribution in [0.1, 0.15) is 51.4 Å². The molecule has 0 aromatic carbocycles. The van der Waals surface area contributed by atoms with E-state index >= 15 is 0 Å². The number of nitriles is 1. The Hall–Kier alpha value is -1.14. The molecule has 0 radical (unpaired) electrons. The Kier molecular flexibility index (Phi) is 6.79. The first kappa shape index (κ1) is 20.6. The minimum Gasteiger partial charge on any atom is -0.616 e. The van der Waals surface area contributed by atoms with Gasteiger partial charge in [0.25, 0.3) is 0 Å². The molecule has 0 bridgehead atoms. The second-order valence-electron chi connectivity index (χ2n) is 8.27. The van der Waals surface area contributed by atoms with Gasteiger partial charge in [-0.25, -0.2) is 5.01 Å². The van der Waals surface area contributed by atoms with Crippen LogP contribution in [0.4, 0.5) is 0 Å². The van der Waals surface area contributed by atoms with Crippen LogP contribution in [0.15, 0.2) is 4.99 Å². The largest absolute Gasteiger partial charge is 0.616 e. The SMILES string of the molecule is C=NC(CN(N)C1(C#N)CC1)[C@@H](NC(=O)C1CC[S+]([O-])C1)C1CCCCC1. The van der Waals surface area contributed by atoms with Crippen molar-refractivity contribution in [3.8, 4) is 6.07 Å². The molecule has 7 nitrogen and oxygen atoms in total. The molecule has 2 aliphatic carbocycles. The molecular formula is C19H31N5O2S. The monoisotopic (exact) mass is 393 g/mol. The fourth-order valence-corrected chi connectivity index (χ4v) is 5.90. The van der Waals surface area contributed by atoms with Gasteiger partial charge in [0, 0.05) is 13.0 Å². The van der Waals surface area contributed by atoms with E-state index in [4.69, 9.17) is 5.84 Å². The Bertz CT molecular complexity index is 585. The van der Waals surface area contributed by atoms with Gasteiger partial charge in [-0.15, -0.1) is 0 Å². The van der Waals surface area contributed by atoms with Crippen LogP contribution >= 0.6 is 0 Å². The summed E-state index contributed by atoms with van der Waals surface area (Å²) in [5.41, 5.74) is -0.577. The third-order valence-corrected chi connectivity index (χ3v) is 7.90. The normalized spacial score (nSPS) is 29.7. The van der Waals surface area contributed by atoms with Crippen LogP contribution < -0.4 is 11.2 Å². The Labute approximate surface area is 164 Å². The molecule has 1 saturated heterocycles. The number of aliphatic imine (C=N–C) groups is 1. The van der Waals surface area contributed by atoms with Crippen LogP contribution in [-0.4, -0.2) is 57.9 Å². The van der Waals surface area contributed by atoms with Crippen molar-refractivity contribution in [1.82, 2.24) is 10.3 Å². The number of nitrogens with two attached hydrogens (primary N) is 1. The highest BCUT2D eigenvalue weighted by Crippen LogP contribution is 2.39. The molecule has 3 fully saturated rings. The van der Waals surface area contributed by atoms with Gasteiger partial charge in [0.1, 0.15) is 17.0 Å². The average Bonchev–Trinajstić information content (AvgIpc) is 3.38. The maximum absolute atomic E-state index is 12.8. The van der Waals surface area contributed by atoms with E-state index in [1.807, 2.05) is 0 Å². The first-order valence-electron chi connectivity index (χ1n) is 10.0. The van der Waals surface area contributed by atoms with Crippen molar-refractivity contribution in [1.29, 1.82) is 5.26 Å². The standard InChI is InChI=1S/C19H31N5O2S/c1-22-16(11-24(21)19(13-20)8-9-19)17(14-5-3-2-4-6-14)23-18(25)15-7-10-27(26)12-15/h14-17H,1-12,21H2,(H,23,25)/t15?,16?,17-,27?/m0/s1. The summed E-state index contributed by atoms with van der Waals surface area (Å²) in [6, 6.07) is 1.92. The number of amides is 1. The third-order valence-electron chi connectivity index (χ3n) is 6.43. The van der Waals surface area contributed by atoms with Crippen molar-refractivity contribution >= 4 is 23.8 Å². The number of rotatable bonds is 8. The van der Waals surface area contributed by atoms with Crippen molar-refractivity contribution in [2.45, 2.75) is 69.0 Å². The summed E-state index contributed by atoms with van der Waals surface area (Å²) in [6.45, 7) is 4.17. The molecule has 0 spiro atoms. The summed E-state index contributed by atoms with van der Waals surface area (Å²) >= 11 is -0.880. The smallest absolute Gasteiger partial charge is 0.228 e. The molecule has 2 saturated carbocycles. The highest BCUT2D eigenvalue weighted by atomic mass is 32.2. The summed E-state index contributed by atoms with van der Waals surface area (Å²) in [5, 5.41) is 14.2. The molecule has 1 heterocycles. The van der Waals surface area contributed by atoms with Crippen molar-refractivity contribution in [2.75, 3.05) is 18.1 Å². The fourth-order valence-electron chi connectivity index (χ4n) is 4.42. The Morgan fingerprint density at radius 2 is 2.11 bits per heavy atom. The molecule has 1 aliphatic heterocycles. The molecule has 0 aromatic rings. The van der Waals surface area contributed by atoms with Crippen LogP contribution in [0.25, 0.3) is 0 Å². The molecule has 8 heteroatoms. The number of nitrogens with zero attached hydrogens (tertiary/aromatic N) is 3. The van der Waals surface area contributed by atoms with Crippen molar-refractivity contribution < 1.29 is 9.35 Å². The predicted octanol–water partition coefficient (Wildman–Crippen LogP) is 1.12. The first-order valence-corrected chi connectivity index (χ1v) is 11.5. The van der Waals surface area contributed by atoms with E-state index in [9.17, 15) is 14.6 Å². The molecule has 4 atom stereocenters. The van der Waals surface area contributed by atoms with Crippen LogP contribution in [0, 0.1) is 23.2 Å². The number of hydrogen-bond donors (Lipinski definition) is 2. The molecule has 3 aliphatic rings. The van der Waals surface area contributed by atoms with E-state index in [-0.39, 0.29) is 23.9 Å². The highest BCUT2D eigenvalue weighted by Gasteiger charge is 2.49. The lowest BCUT2D eigenvalue weighted by Gasteiger charge is -2.37. The van der Waals surface area contributed by atoms with Crippen LogP contribution in [-0.2, 0) is 16.0 Å². The van der Waals surface area contributed by atoms with E-state index in [2.05, 4.69) is 23.1 Å². The number of hydrazine groups is 1. The quantitative estimate of drug-likeness (QED) is 0.277. The van der Waals surface area contributed by atoms with Gasteiger partial charge in [0.05, 0.1) is 24.1 Å². The van der Waals surface area contributed by atoms with E-state index < -0.39 is 16.7 Å². The number of hydrogen-bond acceptors (Lipinski definition) is 6. The molecular weight excluding hydrogens is 362 g/mol. The molecule has 3 unspecified atom stereocenters. The molecule has 0 aromatic heterocycles. The van der Waals surface area contributed by atoms with Gasteiger partial charge in [0.2, 0.25) is 5.91 Å². The highest BCUT2D eigenvalue weighted by molar-refractivity contribution is 7.91. The predicted molar refractivity (Wildman–Crippen MR) is 106 cm³/mol. The number of carbonyl (C=O) groups excluding carboxylic acids is 1. The van der Waals surface area contributed by atoms with Gasteiger partial charge in [0.15, 0.2) is 0 Å². The lowest BCUT2D eigenvalue weighted by atomic mass is 9.80. The molecule has 27 heavy (non-hydrogen) atoms. The summed E-state index contributed by atoms with van der Waals surface area (Å²) in [7, 11) is 0. The summed E-state index contributed by atoms with van der Waals surface area (Å²) in [6.07, 6.45) is 7.89. The Balaban J connectivity index is 1.70. The zero-order valence-electron chi connectivity index (χ0n) is 15.9. The van der Waals surface area contributed by atoms with E-state index in [0.29, 0.717) is 30.4 Å². The number of nitrogens with one attached hydrogen (secondary N) is 1. The van der Waals surface area contributed by atoms with E-state index in [1.165, 1.54) is 6.42 Å². The van der Waals surface area contributed by atoms with Gasteiger partial charge in [-0.05, 0) is 38.3 Å². The molecule has 3 rings (SSSR count). The van der Waals surface area contributed by atoms with Gasteiger partial charge in [-0.2, -0.15) is 5.26 Å².